The molecule has 4 aromatic rings. The quantitative estimate of drug-likeness (QED) is 0.154. The van der Waals surface area contributed by atoms with Gasteiger partial charge in [-0.2, -0.15) is 0 Å². The van der Waals surface area contributed by atoms with Crippen molar-refractivity contribution in [2.75, 3.05) is 34.9 Å². The fourth-order valence-electron chi connectivity index (χ4n) is 7.00. The minimum atomic E-state index is 0.189. The first-order chi connectivity index (χ1) is 24.2. The minimum absolute atomic E-state index is 0.189. The normalized spacial score (nSPS) is 17.6. The Balaban J connectivity index is 1.19. The molecular weight excluding hydrogens is 673 g/mol. The maximum atomic E-state index is 11.9. The first kappa shape index (κ1) is 35.6. The molecule has 2 aromatic carbocycles. The molecule has 2 saturated heterocycles. The lowest BCUT2D eigenvalue weighted by molar-refractivity contribution is -0.128. The van der Waals surface area contributed by atoms with E-state index >= 15 is 0 Å². The van der Waals surface area contributed by atoms with Gasteiger partial charge in [-0.3, -0.25) is 9.59 Å². The molecule has 2 fully saturated rings. The van der Waals surface area contributed by atoms with Gasteiger partial charge in [-0.25, -0.2) is 9.97 Å². The van der Waals surface area contributed by atoms with E-state index in [0.717, 1.165) is 65.5 Å². The lowest BCUT2D eigenvalue weighted by atomic mass is 9.97. The molecule has 0 aliphatic carbocycles. The summed E-state index contributed by atoms with van der Waals surface area (Å²) < 4.78 is 11.4. The van der Waals surface area contributed by atoms with Crippen molar-refractivity contribution in [2.24, 2.45) is 0 Å². The fourth-order valence-corrected chi connectivity index (χ4v) is 7.65. The molecule has 2 aliphatic rings. The third kappa shape index (κ3) is 7.45. The van der Waals surface area contributed by atoms with Crippen LogP contribution in [0.4, 0.5) is 0 Å². The highest BCUT2D eigenvalue weighted by Crippen LogP contribution is 2.42. The minimum Gasteiger partial charge on any atom is -0.481 e. The van der Waals surface area contributed by atoms with Crippen LogP contribution in [0.2, 0.25) is 10.0 Å². The van der Waals surface area contributed by atoms with E-state index in [4.69, 9.17) is 42.6 Å². The van der Waals surface area contributed by atoms with Crippen molar-refractivity contribution in [1.82, 2.24) is 25.1 Å². The Morgan fingerprint density at radius 2 is 1.22 bits per heavy atom. The number of nitrogens with zero attached hydrogens (tertiary/aromatic N) is 4. The van der Waals surface area contributed by atoms with Gasteiger partial charge in [-0.05, 0) is 44.2 Å². The number of aromatic nitrogens is 2. The number of ether oxygens (including phenoxy) is 2. The van der Waals surface area contributed by atoms with Crippen molar-refractivity contribution >= 4 is 35.0 Å². The molecule has 50 heavy (non-hydrogen) atoms. The van der Waals surface area contributed by atoms with Gasteiger partial charge in [0.25, 0.3) is 0 Å². The van der Waals surface area contributed by atoms with Gasteiger partial charge in [-0.15, -0.1) is 0 Å². The zero-order chi connectivity index (χ0) is 35.4. The fraction of sp³-hybridized carbons (Fsp3) is 0.385. The zero-order valence-corrected chi connectivity index (χ0v) is 30.5. The van der Waals surface area contributed by atoms with Crippen LogP contribution in [0.3, 0.4) is 0 Å². The Hall–Kier alpha value is -4.18. The molecule has 2 aromatic heterocycles. The largest absolute Gasteiger partial charge is 0.481 e. The van der Waals surface area contributed by atoms with Crippen molar-refractivity contribution in [3.63, 3.8) is 0 Å². The van der Waals surface area contributed by atoms with Crippen LogP contribution in [0.5, 0.6) is 11.8 Å². The number of nitrogens with one attached hydrogen (secondary N) is 1. The van der Waals surface area contributed by atoms with Crippen molar-refractivity contribution in [3.05, 3.63) is 81.8 Å². The second-order valence-corrected chi connectivity index (χ2v) is 13.7. The molecule has 4 heterocycles. The molecule has 2 amide bonds. The average Bonchev–Trinajstić information content (AvgIpc) is 3.63. The highest BCUT2D eigenvalue weighted by molar-refractivity contribution is 6.39. The predicted molar refractivity (Wildman–Crippen MR) is 198 cm³/mol. The molecule has 2 aliphatic heterocycles. The number of pyridine rings is 2. The van der Waals surface area contributed by atoms with Crippen molar-refractivity contribution in [3.8, 4) is 45.4 Å². The van der Waals surface area contributed by atoms with E-state index in [1.165, 1.54) is 0 Å². The number of halogens is 2. The second-order valence-electron chi connectivity index (χ2n) is 13.0. The van der Waals surface area contributed by atoms with E-state index in [9.17, 15) is 9.59 Å². The molecule has 0 radical (unpaired) electrons. The highest BCUT2D eigenvalue weighted by atomic mass is 35.5. The molecule has 0 bridgehead atoms. The molecule has 9 nitrogen and oxygen atoms in total. The van der Waals surface area contributed by atoms with Gasteiger partial charge in [0.1, 0.15) is 0 Å². The van der Waals surface area contributed by atoms with E-state index in [-0.39, 0.29) is 17.9 Å². The molecule has 11 heteroatoms. The van der Waals surface area contributed by atoms with Gasteiger partial charge in [0, 0.05) is 85.5 Å². The Morgan fingerprint density at radius 3 is 1.74 bits per heavy atom. The number of carbonyl (C=O) groups is 2. The Kier molecular flexibility index (Phi) is 11.3. The van der Waals surface area contributed by atoms with Crippen molar-refractivity contribution in [2.45, 2.75) is 63.6 Å². The summed E-state index contributed by atoms with van der Waals surface area (Å²) in [6.45, 7) is 1.26. The topological polar surface area (TPSA) is 96.9 Å². The van der Waals surface area contributed by atoms with Crippen LogP contribution in [-0.4, -0.2) is 78.5 Å². The third-order valence-corrected chi connectivity index (χ3v) is 10.9. The van der Waals surface area contributed by atoms with Gasteiger partial charge in [0.05, 0.1) is 35.7 Å². The molecule has 262 valence electrons. The first-order valence-corrected chi connectivity index (χ1v) is 17.8. The third-order valence-electron chi connectivity index (χ3n) is 10.0. The smallest absolute Gasteiger partial charge is 0.222 e. The van der Waals surface area contributed by atoms with E-state index < -0.39 is 0 Å². The summed E-state index contributed by atoms with van der Waals surface area (Å²) in [5, 5.41) is 4.50. The monoisotopic (exact) mass is 715 g/mol. The van der Waals surface area contributed by atoms with Crippen LogP contribution >= 0.6 is 23.2 Å². The van der Waals surface area contributed by atoms with Gasteiger partial charge < -0.3 is 24.6 Å². The van der Waals surface area contributed by atoms with Gasteiger partial charge in [0.15, 0.2) is 0 Å². The van der Waals surface area contributed by atoms with Crippen LogP contribution in [0.25, 0.3) is 33.6 Å². The molecule has 0 saturated carbocycles. The van der Waals surface area contributed by atoms with E-state index in [2.05, 4.69) is 5.32 Å². The number of aryl methyl sites for hydroxylation is 1. The summed E-state index contributed by atoms with van der Waals surface area (Å²) in [5.41, 5.74) is 6.40. The lowest BCUT2D eigenvalue weighted by Crippen LogP contribution is -2.37. The lowest BCUT2D eigenvalue weighted by Gasteiger charge is -2.20. The van der Waals surface area contributed by atoms with Crippen LogP contribution in [0.15, 0.2) is 60.7 Å². The SMILES string of the molecule is COc1nc(-c2cccc(-c3cccc(-c4ccc(CNCC5CCC(=O)N5C)c(OC)n4)c3Cl)c2Cl)ccc1CCCC1CCC(=O)N1C. The molecule has 6 rings (SSSR count). The number of benzene rings is 2. The number of hydrogen-bond acceptors (Lipinski definition) is 7. The summed E-state index contributed by atoms with van der Waals surface area (Å²) in [6.07, 6.45) is 5.71. The Bertz CT molecular complexity index is 1750. The number of rotatable bonds is 13. The van der Waals surface area contributed by atoms with E-state index in [1.54, 1.807) is 14.2 Å². The number of amides is 2. The molecule has 0 spiro atoms. The standard InChI is InChI=1S/C39H43Cl2N5O4/c1-45-26(16-20-34(45)47)9-5-8-24-14-18-32(43-38(24)49-3)30-12-6-10-28(36(30)40)29-11-7-13-31(37(29)41)33-19-15-25(39(44-33)50-4)22-42-23-27-17-21-35(48)46(27)2/h6-7,10-15,18-19,26-27,42H,5,8-9,16-17,20-23H2,1-4H3. The van der Waals surface area contributed by atoms with Gasteiger partial charge in [-0.1, -0.05) is 71.7 Å². The Labute approximate surface area is 303 Å². The number of hydrogen-bond donors (Lipinski definition) is 1. The maximum Gasteiger partial charge on any atom is 0.222 e. The second kappa shape index (κ2) is 15.8. The summed E-state index contributed by atoms with van der Waals surface area (Å²) in [7, 11) is 6.99. The summed E-state index contributed by atoms with van der Waals surface area (Å²) >= 11 is 14.2. The van der Waals surface area contributed by atoms with Crippen LogP contribution in [0, 0.1) is 0 Å². The van der Waals surface area contributed by atoms with E-state index in [1.807, 2.05) is 84.6 Å². The Morgan fingerprint density at radius 1 is 0.720 bits per heavy atom. The summed E-state index contributed by atoms with van der Waals surface area (Å²) in [5.74, 6) is 1.50. The zero-order valence-electron chi connectivity index (χ0n) is 29.0. The number of methoxy groups -OCH3 is 2. The van der Waals surface area contributed by atoms with Crippen LogP contribution in [-0.2, 0) is 22.6 Å². The average molecular weight is 717 g/mol. The maximum absolute atomic E-state index is 11.9. The predicted octanol–water partition coefficient (Wildman–Crippen LogP) is 7.46. The molecule has 2 atom stereocenters. The van der Waals surface area contributed by atoms with Crippen LogP contribution in [0.1, 0.15) is 49.7 Å². The van der Waals surface area contributed by atoms with Gasteiger partial charge in [0.2, 0.25) is 23.6 Å². The molecular formula is C39H43Cl2N5O4. The van der Waals surface area contributed by atoms with E-state index in [0.29, 0.717) is 65.2 Å². The first-order valence-electron chi connectivity index (χ1n) is 17.1. The molecule has 2 unspecified atom stereocenters. The number of likely N-dealkylation sites (N-methyl/N-ethyl adjacent to an activating group) is 1. The number of likely N-dealkylation sites (tertiary alicyclic amines) is 2. The highest BCUT2D eigenvalue weighted by Gasteiger charge is 2.28. The summed E-state index contributed by atoms with van der Waals surface area (Å²) in [6, 6.07) is 20.1. The van der Waals surface area contributed by atoms with Crippen molar-refractivity contribution in [1.29, 1.82) is 0 Å². The summed E-state index contributed by atoms with van der Waals surface area (Å²) in [4.78, 5) is 37.1. The number of carbonyl (C=O) groups excluding carboxylic acids is 2. The van der Waals surface area contributed by atoms with Crippen LogP contribution < -0.4 is 14.8 Å². The van der Waals surface area contributed by atoms with Gasteiger partial charge >= 0.3 is 0 Å². The van der Waals surface area contributed by atoms with Crippen molar-refractivity contribution < 1.29 is 19.1 Å². The molecule has 1 N–H and O–H groups in total.